The van der Waals surface area contributed by atoms with Crippen LogP contribution in [0.5, 0.6) is 0 Å². The van der Waals surface area contributed by atoms with E-state index in [-0.39, 0.29) is 18.6 Å². The number of benzene rings is 4. The molecule has 30 heavy (non-hydrogen) atoms. The van der Waals surface area contributed by atoms with Gasteiger partial charge in [0.25, 0.3) is 0 Å². The van der Waals surface area contributed by atoms with E-state index in [4.69, 9.17) is 0 Å². The average Bonchev–Trinajstić information content (AvgIpc) is 2.80. The zero-order chi connectivity index (χ0) is 20.8. The first kappa shape index (κ1) is 19.8. The first-order valence-corrected chi connectivity index (χ1v) is 10.2. The van der Waals surface area contributed by atoms with Crippen LogP contribution >= 0.6 is 0 Å². The van der Waals surface area contributed by atoms with Crippen molar-refractivity contribution in [3.05, 3.63) is 132 Å². The topological polar surface area (TPSA) is 37.3 Å². The highest BCUT2D eigenvalue weighted by atomic mass is 16.3. The highest BCUT2D eigenvalue weighted by molar-refractivity contribution is 6.07. The Hall–Kier alpha value is -3.49. The summed E-state index contributed by atoms with van der Waals surface area (Å²) in [6.45, 7) is 0. The van der Waals surface area contributed by atoms with Crippen LogP contribution in [0, 0.1) is 0 Å². The molecule has 0 aliphatic carbocycles. The predicted molar refractivity (Wildman–Crippen MR) is 121 cm³/mol. The summed E-state index contributed by atoms with van der Waals surface area (Å²) >= 11 is 0. The van der Waals surface area contributed by atoms with Crippen LogP contribution in [0.3, 0.4) is 0 Å². The number of rotatable bonds is 7. The van der Waals surface area contributed by atoms with E-state index in [2.05, 4.69) is 0 Å². The minimum Gasteiger partial charge on any atom is -0.381 e. The zero-order valence-corrected chi connectivity index (χ0v) is 16.7. The van der Waals surface area contributed by atoms with E-state index in [1.54, 1.807) is 0 Å². The van der Waals surface area contributed by atoms with E-state index >= 15 is 0 Å². The SMILES string of the molecule is O=C(c1ccccc1-c1ccccc1)C(O)(Cc1ccccc1)Cc1ccccc1. The van der Waals surface area contributed by atoms with Gasteiger partial charge in [-0.1, -0.05) is 115 Å². The molecule has 0 aromatic heterocycles. The van der Waals surface area contributed by atoms with Crippen molar-refractivity contribution in [3.8, 4) is 11.1 Å². The van der Waals surface area contributed by atoms with E-state index < -0.39 is 5.60 Å². The van der Waals surface area contributed by atoms with Crippen LogP contribution in [0.4, 0.5) is 0 Å². The molecule has 4 aromatic rings. The molecule has 0 aliphatic heterocycles. The Morgan fingerprint density at radius 3 is 1.57 bits per heavy atom. The maximum atomic E-state index is 13.8. The minimum atomic E-state index is -1.55. The van der Waals surface area contributed by atoms with E-state index in [1.807, 2.05) is 115 Å². The molecule has 0 unspecified atom stereocenters. The molecule has 0 amide bonds. The summed E-state index contributed by atoms with van der Waals surface area (Å²) in [6.07, 6.45) is 0.509. The molecule has 0 spiro atoms. The lowest BCUT2D eigenvalue weighted by atomic mass is 9.80. The van der Waals surface area contributed by atoms with Gasteiger partial charge in [0.2, 0.25) is 0 Å². The lowest BCUT2D eigenvalue weighted by molar-refractivity contribution is 0.0320. The fourth-order valence-corrected chi connectivity index (χ4v) is 3.89. The first-order valence-electron chi connectivity index (χ1n) is 10.2. The predicted octanol–water partition coefficient (Wildman–Crippen LogP) is 5.75. The Morgan fingerprint density at radius 1 is 0.600 bits per heavy atom. The summed E-state index contributed by atoms with van der Waals surface area (Å²) in [5.41, 5.74) is 2.65. The molecule has 0 bridgehead atoms. The first-order chi connectivity index (χ1) is 14.7. The molecule has 0 aliphatic rings. The van der Waals surface area contributed by atoms with Gasteiger partial charge in [-0.15, -0.1) is 0 Å². The number of aliphatic hydroxyl groups is 1. The van der Waals surface area contributed by atoms with Crippen molar-refractivity contribution in [2.75, 3.05) is 0 Å². The Morgan fingerprint density at radius 2 is 1.03 bits per heavy atom. The normalized spacial score (nSPS) is 11.2. The van der Waals surface area contributed by atoms with Crippen LogP contribution in [-0.4, -0.2) is 16.5 Å². The second-order valence-electron chi connectivity index (χ2n) is 7.60. The molecule has 148 valence electrons. The average molecular weight is 392 g/mol. The third kappa shape index (κ3) is 4.40. The Bertz CT molecular complexity index is 1060. The van der Waals surface area contributed by atoms with E-state index in [0.29, 0.717) is 5.56 Å². The second kappa shape index (κ2) is 8.89. The molecule has 4 aromatic carbocycles. The second-order valence-corrected chi connectivity index (χ2v) is 7.60. The van der Waals surface area contributed by atoms with Crippen LogP contribution in [-0.2, 0) is 12.8 Å². The largest absolute Gasteiger partial charge is 0.381 e. The van der Waals surface area contributed by atoms with Gasteiger partial charge in [-0.2, -0.15) is 0 Å². The summed E-state index contributed by atoms with van der Waals surface area (Å²) in [6, 6.07) is 36.8. The molecule has 0 atom stereocenters. The third-order valence-electron chi connectivity index (χ3n) is 5.36. The molecule has 2 heteroatoms. The van der Waals surface area contributed by atoms with Gasteiger partial charge in [0.1, 0.15) is 5.60 Å². The summed E-state index contributed by atoms with van der Waals surface area (Å²) in [4.78, 5) is 13.8. The zero-order valence-electron chi connectivity index (χ0n) is 16.7. The van der Waals surface area contributed by atoms with Crippen LogP contribution in [0.15, 0.2) is 115 Å². The van der Waals surface area contributed by atoms with Gasteiger partial charge in [0.15, 0.2) is 5.78 Å². The van der Waals surface area contributed by atoms with Crippen LogP contribution < -0.4 is 0 Å². The minimum absolute atomic E-state index is 0.255. The van der Waals surface area contributed by atoms with Gasteiger partial charge in [0, 0.05) is 18.4 Å². The maximum Gasteiger partial charge on any atom is 0.195 e. The van der Waals surface area contributed by atoms with Crippen LogP contribution in [0.2, 0.25) is 0 Å². The Balaban J connectivity index is 1.77. The molecule has 1 N–H and O–H groups in total. The summed E-state index contributed by atoms with van der Waals surface area (Å²) in [5, 5.41) is 11.8. The van der Waals surface area contributed by atoms with Gasteiger partial charge in [-0.25, -0.2) is 0 Å². The highest BCUT2D eigenvalue weighted by Crippen LogP contribution is 2.30. The molecule has 0 saturated heterocycles. The molecule has 0 heterocycles. The van der Waals surface area contributed by atoms with Crippen molar-refractivity contribution >= 4 is 5.78 Å². The van der Waals surface area contributed by atoms with Crippen molar-refractivity contribution in [3.63, 3.8) is 0 Å². The molecule has 0 radical (unpaired) electrons. The lowest BCUT2D eigenvalue weighted by Gasteiger charge is -2.28. The maximum absolute atomic E-state index is 13.8. The molecule has 0 saturated carbocycles. The number of Topliss-reactive ketones (excluding diaryl/α,β-unsaturated/α-hetero) is 1. The smallest absolute Gasteiger partial charge is 0.195 e. The number of hydrogen-bond acceptors (Lipinski definition) is 2. The van der Waals surface area contributed by atoms with Gasteiger partial charge >= 0.3 is 0 Å². The molecule has 4 rings (SSSR count). The van der Waals surface area contributed by atoms with Crippen molar-refractivity contribution < 1.29 is 9.90 Å². The van der Waals surface area contributed by atoms with Gasteiger partial charge in [-0.05, 0) is 22.3 Å². The summed E-state index contributed by atoms with van der Waals surface area (Å²) in [7, 11) is 0. The van der Waals surface area contributed by atoms with Crippen molar-refractivity contribution in [1.82, 2.24) is 0 Å². The number of carbonyl (C=O) groups excluding carboxylic acids is 1. The standard InChI is InChI=1S/C28H24O2/c29-27(26-19-11-10-18-25(26)24-16-8-3-9-17-24)28(30,20-22-12-4-1-5-13-22)21-23-14-6-2-7-15-23/h1-19,30H,20-21H2. The Labute approximate surface area is 177 Å². The molecule has 0 fully saturated rings. The third-order valence-corrected chi connectivity index (χ3v) is 5.36. The van der Waals surface area contributed by atoms with Gasteiger partial charge in [0.05, 0.1) is 0 Å². The fraction of sp³-hybridized carbons (Fsp3) is 0.107. The van der Waals surface area contributed by atoms with Crippen LogP contribution in [0.1, 0.15) is 21.5 Å². The monoisotopic (exact) mass is 392 g/mol. The van der Waals surface area contributed by atoms with Crippen molar-refractivity contribution in [2.24, 2.45) is 0 Å². The van der Waals surface area contributed by atoms with Crippen molar-refractivity contribution in [2.45, 2.75) is 18.4 Å². The van der Waals surface area contributed by atoms with E-state index in [9.17, 15) is 9.90 Å². The van der Waals surface area contributed by atoms with Gasteiger partial charge < -0.3 is 5.11 Å². The fourth-order valence-electron chi connectivity index (χ4n) is 3.89. The number of ketones is 1. The molecular formula is C28H24O2. The Kier molecular flexibility index (Phi) is 5.87. The quantitative estimate of drug-likeness (QED) is 0.407. The number of hydrogen-bond donors (Lipinski definition) is 1. The highest BCUT2D eigenvalue weighted by Gasteiger charge is 2.38. The summed E-state index contributed by atoms with van der Waals surface area (Å²) < 4.78 is 0. The van der Waals surface area contributed by atoms with Gasteiger partial charge in [-0.3, -0.25) is 4.79 Å². The number of carbonyl (C=O) groups is 1. The van der Waals surface area contributed by atoms with Crippen molar-refractivity contribution in [1.29, 1.82) is 0 Å². The van der Waals surface area contributed by atoms with E-state index in [1.165, 1.54) is 0 Å². The molecular weight excluding hydrogens is 368 g/mol. The molecule has 2 nitrogen and oxygen atoms in total. The lowest BCUT2D eigenvalue weighted by Crippen LogP contribution is -2.43. The van der Waals surface area contributed by atoms with E-state index in [0.717, 1.165) is 22.3 Å². The van der Waals surface area contributed by atoms with Crippen LogP contribution in [0.25, 0.3) is 11.1 Å². The summed E-state index contributed by atoms with van der Waals surface area (Å²) in [5.74, 6) is -0.255.